The number of hydrogen-bond donors (Lipinski definition) is 2. The normalized spacial score (nSPS) is 12.7. The lowest BCUT2D eigenvalue weighted by Gasteiger charge is -2.22. The average Bonchev–Trinajstić information content (AvgIpc) is 2.91. The largest absolute Gasteiger partial charge is 0.494 e. The molecular weight excluding hydrogens is 500 g/mol. The zero-order valence-corrected chi connectivity index (χ0v) is 22.6. The number of fused-ring (bicyclic) bond motifs is 1. The van der Waals surface area contributed by atoms with Crippen LogP contribution in [0.3, 0.4) is 0 Å². The molecule has 39 heavy (non-hydrogen) atoms. The Hall–Kier alpha value is -3.81. The first-order valence-electron chi connectivity index (χ1n) is 13.7. The molecule has 0 saturated heterocycles. The smallest absolute Gasteiger partial charge is 0.328 e. The van der Waals surface area contributed by atoms with Gasteiger partial charge in [-0.1, -0.05) is 32.3 Å². The second kappa shape index (κ2) is 15.6. The number of aryl methyl sites for hydroxylation is 1. The molecule has 0 fully saturated rings. The van der Waals surface area contributed by atoms with E-state index in [1.165, 1.54) is 0 Å². The number of Topliss-reactive ketones (excluding diaryl/α,β-unsaturated/α-hetero) is 1. The Morgan fingerprint density at radius 1 is 0.974 bits per heavy atom. The molecule has 0 atom stereocenters. The molecule has 0 spiro atoms. The molecule has 0 bridgehead atoms. The molecule has 8 heteroatoms. The van der Waals surface area contributed by atoms with Gasteiger partial charge < -0.3 is 24.4 Å². The van der Waals surface area contributed by atoms with Crippen molar-refractivity contribution in [3.63, 3.8) is 0 Å². The first kappa shape index (κ1) is 29.7. The second-order valence-corrected chi connectivity index (χ2v) is 9.58. The molecule has 0 aliphatic carbocycles. The molecule has 0 aromatic heterocycles. The molecule has 0 amide bonds. The van der Waals surface area contributed by atoms with Crippen molar-refractivity contribution in [2.24, 2.45) is 0 Å². The number of carbonyl (C=O) groups excluding carboxylic acids is 1. The fourth-order valence-electron chi connectivity index (χ4n) is 4.57. The summed E-state index contributed by atoms with van der Waals surface area (Å²) in [4.78, 5) is 33.9. The Balaban J connectivity index is 1.47. The number of carboxylic acid groups (broad SMARTS) is 2. The van der Waals surface area contributed by atoms with E-state index in [4.69, 9.17) is 24.4 Å². The van der Waals surface area contributed by atoms with Crippen molar-refractivity contribution >= 4 is 23.8 Å². The van der Waals surface area contributed by atoms with E-state index in [0.29, 0.717) is 43.1 Å². The maximum absolute atomic E-state index is 12.2. The van der Waals surface area contributed by atoms with E-state index >= 15 is 0 Å². The standard InChI is InChI=1S/C31H38O8/c1-2-8-26-28(15-14-25-27(32)17-20-39-31(25)26)38-18-6-4-3-5-9-22-11-13-24(37-19-7-10-29(33)34)21-23(22)12-16-30(35)36/h11-16,21H,2-10,17-20H2,1H3,(H,33,34)(H,35,36)/b16-12+. The van der Waals surface area contributed by atoms with Crippen LogP contribution in [0.1, 0.15) is 85.3 Å². The van der Waals surface area contributed by atoms with Crippen LogP contribution in [0.5, 0.6) is 17.2 Å². The maximum Gasteiger partial charge on any atom is 0.328 e. The fraction of sp³-hybridized carbons (Fsp3) is 0.452. The minimum absolute atomic E-state index is 0.0392. The van der Waals surface area contributed by atoms with Gasteiger partial charge in [0, 0.05) is 24.5 Å². The number of carboxylic acids is 2. The van der Waals surface area contributed by atoms with E-state index in [-0.39, 0.29) is 18.8 Å². The van der Waals surface area contributed by atoms with Crippen LogP contribution in [0.15, 0.2) is 36.4 Å². The number of benzene rings is 2. The van der Waals surface area contributed by atoms with Gasteiger partial charge in [0.25, 0.3) is 0 Å². The lowest BCUT2D eigenvalue weighted by atomic mass is 9.98. The quantitative estimate of drug-likeness (QED) is 0.182. The minimum Gasteiger partial charge on any atom is -0.494 e. The molecule has 2 N–H and O–H groups in total. The summed E-state index contributed by atoms with van der Waals surface area (Å²) >= 11 is 0. The van der Waals surface area contributed by atoms with Crippen LogP contribution in [-0.2, 0) is 22.4 Å². The second-order valence-electron chi connectivity index (χ2n) is 9.58. The zero-order chi connectivity index (χ0) is 28.0. The summed E-state index contributed by atoms with van der Waals surface area (Å²) in [5.41, 5.74) is 3.47. The van der Waals surface area contributed by atoms with Gasteiger partial charge in [-0.15, -0.1) is 0 Å². The number of ether oxygens (including phenoxy) is 3. The molecule has 2 aromatic rings. The Kier molecular flexibility index (Phi) is 11.9. The predicted molar refractivity (Wildman–Crippen MR) is 148 cm³/mol. The molecule has 8 nitrogen and oxygen atoms in total. The summed E-state index contributed by atoms with van der Waals surface area (Å²) in [6.45, 7) is 3.39. The van der Waals surface area contributed by atoms with Gasteiger partial charge in [0.05, 0.1) is 25.4 Å². The number of unbranched alkanes of at least 4 members (excludes halogenated alkanes) is 3. The first-order valence-corrected chi connectivity index (χ1v) is 13.7. The minimum atomic E-state index is -1.02. The molecule has 1 heterocycles. The molecule has 0 unspecified atom stereocenters. The summed E-state index contributed by atoms with van der Waals surface area (Å²) < 4.78 is 17.6. The Morgan fingerprint density at radius 2 is 1.77 bits per heavy atom. The third-order valence-corrected chi connectivity index (χ3v) is 6.52. The van der Waals surface area contributed by atoms with Crippen LogP contribution in [0, 0.1) is 0 Å². The van der Waals surface area contributed by atoms with Crippen molar-refractivity contribution in [3.8, 4) is 17.2 Å². The van der Waals surface area contributed by atoms with Crippen LogP contribution in [0.4, 0.5) is 0 Å². The number of aliphatic carboxylic acids is 2. The summed E-state index contributed by atoms with van der Waals surface area (Å²) in [6.07, 6.45) is 9.93. The van der Waals surface area contributed by atoms with Crippen LogP contribution < -0.4 is 14.2 Å². The highest BCUT2D eigenvalue weighted by Gasteiger charge is 2.23. The molecule has 2 aromatic carbocycles. The highest BCUT2D eigenvalue weighted by Crippen LogP contribution is 2.36. The highest BCUT2D eigenvalue weighted by molar-refractivity contribution is 6.00. The van der Waals surface area contributed by atoms with E-state index in [0.717, 1.165) is 73.5 Å². The van der Waals surface area contributed by atoms with E-state index in [1.54, 1.807) is 12.1 Å². The summed E-state index contributed by atoms with van der Waals surface area (Å²) in [5.74, 6) is 0.316. The lowest BCUT2D eigenvalue weighted by molar-refractivity contribution is -0.137. The topological polar surface area (TPSA) is 119 Å². The molecule has 0 radical (unpaired) electrons. The average molecular weight is 539 g/mol. The van der Waals surface area contributed by atoms with E-state index in [9.17, 15) is 14.4 Å². The van der Waals surface area contributed by atoms with E-state index in [2.05, 4.69) is 6.92 Å². The predicted octanol–water partition coefficient (Wildman–Crippen LogP) is 6.13. The molecule has 3 rings (SSSR count). The van der Waals surface area contributed by atoms with Gasteiger partial charge in [0.1, 0.15) is 17.2 Å². The Morgan fingerprint density at radius 3 is 2.54 bits per heavy atom. The Labute approximate surface area is 229 Å². The van der Waals surface area contributed by atoms with Gasteiger partial charge in [-0.05, 0) is 73.6 Å². The van der Waals surface area contributed by atoms with E-state index in [1.807, 2.05) is 24.3 Å². The molecule has 210 valence electrons. The van der Waals surface area contributed by atoms with Gasteiger partial charge in [-0.25, -0.2) is 4.79 Å². The summed E-state index contributed by atoms with van der Waals surface area (Å²) in [5, 5.41) is 17.8. The van der Waals surface area contributed by atoms with Crippen molar-refractivity contribution in [3.05, 3.63) is 58.7 Å². The van der Waals surface area contributed by atoms with Gasteiger partial charge >= 0.3 is 11.9 Å². The fourth-order valence-corrected chi connectivity index (χ4v) is 4.57. The monoisotopic (exact) mass is 538 g/mol. The van der Waals surface area contributed by atoms with Crippen molar-refractivity contribution in [1.82, 2.24) is 0 Å². The number of ketones is 1. The number of carbonyl (C=O) groups is 3. The van der Waals surface area contributed by atoms with Crippen molar-refractivity contribution in [1.29, 1.82) is 0 Å². The Bertz CT molecular complexity index is 1170. The van der Waals surface area contributed by atoms with Crippen molar-refractivity contribution < 1.29 is 38.8 Å². The SMILES string of the molecule is CCCc1c(OCCCCCCc2ccc(OCCCC(=O)O)cc2/C=C/C(=O)O)ccc2c1OCCC2=O. The first-order chi connectivity index (χ1) is 18.9. The van der Waals surface area contributed by atoms with Gasteiger partial charge in [0.15, 0.2) is 5.78 Å². The van der Waals surface area contributed by atoms with Crippen LogP contribution in [0.25, 0.3) is 6.08 Å². The summed E-state index contributed by atoms with van der Waals surface area (Å²) in [7, 11) is 0. The molecule has 1 aliphatic rings. The van der Waals surface area contributed by atoms with Crippen molar-refractivity contribution in [2.75, 3.05) is 19.8 Å². The summed E-state index contributed by atoms with van der Waals surface area (Å²) in [6, 6.07) is 9.28. The lowest BCUT2D eigenvalue weighted by Crippen LogP contribution is -2.17. The maximum atomic E-state index is 12.2. The van der Waals surface area contributed by atoms with E-state index < -0.39 is 11.9 Å². The number of rotatable bonds is 17. The number of hydrogen-bond acceptors (Lipinski definition) is 6. The third kappa shape index (κ3) is 9.46. The van der Waals surface area contributed by atoms with Gasteiger partial charge in [0.2, 0.25) is 0 Å². The molecule has 1 aliphatic heterocycles. The van der Waals surface area contributed by atoms with Gasteiger partial charge in [-0.3, -0.25) is 9.59 Å². The molecular formula is C31H38O8. The zero-order valence-electron chi connectivity index (χ0n) is 22.6. The highest BCUT2D eigenvalue weighted by atomic mass is 16.5. The van der Waals surface area contributed by atoms with Crippen LogP contribution in [-0.4, -0.2) is 47.8 Å². The third-order valence-electron chi connectivity index (χ3n) is 6.52. The van der Waals surface area contributed by atoms with Crippen LogP contribution in [0.2, 0.25) is 0 Å². The molecule has 0 saturated carbocycles. The van der Waals surface area contributed by atoms with Crippen LogP contribution >= 0.6 is 0 Å². The van der Waals surface area contributed by atoms with Gasteiger partial charge in [-0.2, -0.15) is 0 Å². The van der Waals surface area contributed by atoms with Crippen molar-refractivity contribution in [2.45, 2.75) is 71.1 Å².